The number of carboxylic acids is 2. The third kappa shape index (κ3) is 10.6. The van der Waals surface area contributed by atoms with Gasteiger partial charge in [0, 0.05) is 12.1 Å². The second-order valence-electron chi connectivity index (χ2n) is 18.5. The van der Waals surface area contributed by atoms with Crippen molar-refractivity contribution in [3.63, 3.8) is 0 Å². The highest BCUT2D eigenvalue weighted by Crippen LogP contribution is 2.42. The van der Waals surface area contributed by atoms with Gasteiger partial charge in [-0.1, -0.05) is 64.2 Å². The van der Waals surface area contributed by atoms with Crippen molar-refractivity contribution in [2.75, 3.05) is 0 Å². The second-order valence-corrected chi connectivity index (χ2v) is 21.0. The summed E-state index contributed by atoms with van der Waals surface area (Å²) >= 11 is 0. The maximum Gasteiger partial charge on any atom is 0.307 e. The number of sulfone groups is 1. The van der Waals surface area contributed by atoms with Crippen LogP contribution in [0.3, 0.4) is 0 Å². The van der Waals surface area contributed by atoms with Crippen molar-refractivity contribution >= 4 is 33.6 Å². The quantitative estimate of drug-likeness (QED) is 0.159. The van der Waals surface area contributed by atoms with Gasteiger partial charge in [-0.15, -0.1) is 0 Å². The molecule has 0 aliphatic heterocycles. The van der Waals surface area contributed by atoms with Gasteiger partial charge in [0.1, 0.15) is 0 Å². The third-order valence-electron chi connectivity index (χ3n) is 15.0. The van der Waals surface area contributed by atoms with Crippen LogP contribution >= 0.6 is 0 Å². The first kappa shape index (κ1) is 40.5. The summed E-state index contributed by atoms with van der Waals surface area (Å²) in [7, 11) is -3.39. The van der Waals surface area contributed by atoms with Gasteiger partial charge in [-0.25, -0.2) is 8.42 Å². The van der Waals surface area contributed by atoms with Crippen LogP contribution in [0, 0.1) is 47.3 Å². The molecule has 0 aromatic heterocycles. The maximum atomic E-state index is 13.8. The van der Waals surface area contributed by atoms with Crippen molar-refractivity contribution in [3.05, 3.63) is 0 Å². The van der Waals surface area contributed by atoms with Crippen LogP contribution in [-0.4, -0.2) is 65.0 Å². The number of aliphatic carboxylic acids is 2. The van der Waals surface area contributed by atoms with Gasteiger partial charge in [0.2, 0.25) is 11.8 Å². The van der Waals surface area contributed by atoms with Crippen LogP contribution in [-0.2, 0) is 29.0 Å². The number of carbonyl (C=O) groups excluding carboxylic acids is 2. The van der Waals surface area contributed by atoms with Gasteiger partial charge >= 0.3 is 11.9 Å². The highest BCUT2D eigenvalue weighted by molar-refractivity contribution is 7.92. The first-order valence-electron chi connectivity index (χ1n) is 21.8. The van der Waals surface area contributed by atoms with Gasteiger partial charge in [-0.2, -0.15) is 0 Å². The Kier molecular flexibility index (Phi) is 14.2. The van der Waals surface area contributed by atoms with E-state index in [-0.39, 0.29) is 23.9 Å². The lowest BCUT2D eigenvalue weighted by atomic mass is 9.69. The highest BCUT2D eigenvalue weighted by atomic mass is 32.2. The number of hydrogen-bond donors (Lipinski definition) is 4. The van der Waals surface area contributed by atoms with Crippen LogP contribution in [0.5, 0.6) is 0 Å². The first-order valence-corrected chi connectivity index (χ1v) is 23.4. The summed E-state index contributed by atoms with van der Waals surface area (Å²) in [4.78, 5) is 51.4. The molecule has 6 rings (SSSR count). The molecule has 4 N–H and O–H groups in total. The Hall–Kier alpha value is -2.17. The van der Waals surface area contributed by atoms with Crippen molar-refractivity contribution in [2.45, 2.75) is 190 Å². The fourth-order valence-corrected chi connectivity index (χ4v) is 14.3. The van der Waals surface area contributed by atoms with Crippen LogP contribution in [0.4, 0.5) is 0 Å². The number of carbonyl (C=O) groups is 4. The smallest absolute Gasteiger partial charge is 0.307 e. The van der Waals surface area contributed by atoms with Crippen LogP contribution in [0.25, 0.3) is 0 Å². The van der Waals surface area contributed by atoms with Crippen molar-refractivity contribution in [3.8, 4) is 0 Å². The molecule has 6 atom stereocenters. The van der Waals surface area contributed by atoms with Gasteiger partial charge < -0.3 is 20.8 Å². The Morgan fingerprint density at radius 2 is 0.792 bits per heavy atom. The minimum atomic E-state index is -3.39. The minimum absolute atomic E-state index is 0.134. The lowest BCUT2D eigenvalue weighted by molar-refractivity contribution is -0.150. The molecule has 0 bridgehead atoms. The molecule has 10 nitrogen and oxygen atoms in total. The second kappa shape index (κ2) is 18.6. The van der Waals surface area contributed by atoms with Crippen LogP contribution < -0.4 is 10.6 Å². The van der Waals surface area contributed by atoms with E-state index in [0.29, 0.717) is 101 Å². The largest absolute Gasteiger partial charge is 0.481 e. The molecule has 6 unspecified atom stereocenters. The molecule has 6 saturated carbocycles. The number of carboxylic acid groups (broad SMARTS) is 2. The summed E-state index contributed by atoms with van der Waals surface area (Å²) in [5, 5.41) is 25.3. The van der Waals surface area contributed by atoms with Gasteiger partial charge in [-0.05, 0) is 126 Å². The average Bonchev–Trinajstić information content (AvgIpc) is 3.16. The molecule has 2 amide bonds. The standard InChI is InChI=1S/C42H68N2O8S/c45-39(37-25-29(11-21-35(37)41(47)48)23-27-7-3-1-4-8-27)43-31-13-17-33(18-14-31)53(51,52)34-19-15-32(16-20-34)44-40(46)38-26-30(12-22-36(38)42(49)50)24-28-9-5-2-6-10-28/h27-38H,1-26H2,(H,43,45)(H,44,46)(H,47,48)(H,49,50). The Bertz CT molecular complexity index is 1260. The zero-order valence-electron chi connectivity index (χ0n) is 32.1. The zero-order chi connectivity index (χ0) is 37.5. The average molecular weight is 761 g/mol. The zero-order valence-corrected chi connectivity index (χ0v) is 32.9. The number of rotatable bonds is 12. The predicted molar refractivity (Wildman–Crippen MR) is 204 cm³/mol. The predicted octanol–water partition coefficient (Wildman–Crippen LogP) is 7.43. The molecule has 0 saturated heterocycles. The monoisotopic (exact) mass is 760 g/mol. The summed E-state index contributed by atoms with van der Waals surface area (Å²) in [6.07, 6.45) is 23.2. The molecule has 53 heavy (non-hydrogen) atoms. The Morgan fingerprint density at radius 3 is 1.13 bits per heavy atom. The summed E-state index contributed by atoms with van der Waals surface area (Å²) in [6.45, 7) is 0. The van der Waals surface area contributed by atoms with Gasteiger partial charge in [0.05, 0.1) is 34.2 Å². The van der Waals surface area contributed by atoms with E-state index in [0.717, 1.165) is 25.7 Å². The van der Waals surface area contributed by atoms with Crippen LogP contribution in [0.15, 0.2) is 0 Å². The molecule has 6 aliphatic carbocycles. The summed E-state index contributed by atoms with van der Waals surface area (Å²) in [5.41, 5.74) is 0. The molecule has 11 heteroatoms. The van der Waals surface area contributed by atoms with E-state index in [1.807, 2.05) is 0 Å². The molecule has 0 heterocycles. The van der Waals surface area contributed by atoms with Gasteiger partial charge in [0.25, 0.3) is 0 Å². The number of amides is 2. The summed E-state index contributed by atoms with van der Waals surface area (Å²) in [6, 6.07) is -0.269. The SMILES string of the molecule is O=C(O)C1CCC(CC2CCCCC2)CC1C(=O)NC1CCC(S(=O)(=O)C2CCC(NC(=O)C3CC(CC4CCCCC4)CCC3C(=O)O)CC2)CC1. The van der Waals surface area contributed by atoms with E-state index in [4.69, 9.17) is 0 Å². The highest BCUT2D eigenvalue weighted by Gasteiger charge is 2.44. The topological polar surface area (TPSA) is 167 Å². The fraction of sp³-hybridized carbons (Fsp3) is 0.905. The van der Waals surface area contributed by atoms with E-state index in [2.05, 4.69) is 10.6 Å². The molecule has 0 spiro atoms. The van der Waals surface area contributed by atoms with Gasteiger partial charge in [0.15, 0.2) is 9.84 Å². The third-order valence-corrected chi connectivity index (χ3v) is 17.8. The number of nitrogens with one attached hydrogen (secondary N) is 2. The molecular formula is C42H68N2O8S. The Labute approximate surface area is 318 Å². The number of hydrogen-bond acceptors (Lipinski definition) is 6. The molecular weight excluding hydrogens is 693 g/mol. The van der Waals surface area contributed by atoms with E-state index in [9.17, 15) is 37.8 Å². The van der Waals surface area contributed by atoms with Crippen LogP contribution in [0.2, 0.25) is 0 Å². The molecule has 0 aromatic carbocycles. The maximum absolute atomic E-state index is 13.8. The van der Waals surface area contributed by atoms with Crippen LogP contribution in [0.1, 0.15) is 167 Å². The van der Waals surface area contributed by atoms with Crippen molar-refractivity contribution in [1.82, 2.24) is 10.6 Å². The molecule has 6 fully saturated rings. The molecule has 0 aromatic rings. The van der Waals surface area contributed by atoms with Crippen molar-refractivity contribution in [1.29, 1.82) is 0 Å². The van der Waals surface area contributed by atoms with Crippen molar-refractivity contribution in [2.24, 2.45) is 47.3 Å². The molecule has 0 radical (unpaired) electrons. The van der Waals surface area contributed by atoms with E-state index in [1.54, 1.807) is 0 Å². The minimum Gasteiger partial charge on any atom is -0.481 e. The lowest BCUT2D eigenvalue weighted by Gasteiger charge is -2.38. The summed E-state index contributed by atoms with van der Waals surface area (Å²) < 4.78 is 27.6. The Morgan fingerprint density at radius 1 is 0.434 bits per heavy atom. The Balaban J connectivity index is 0.946. The van der Waals surface area contributed by atoms with E-state index in [1.165, 1.54) is 64.2 Å². The molecule has 6 aliphatic rings. The molecule has 300 valence electrons. The summed E-state index contributed by atoms with van der Waals surface area (Å²) in [5.74, 6) is -2.28. The van der Waals surface area contributed by atoms with Crippen molar-refractivity contribution < 1.29 is 37.8 Å². The normalized spacial score (nSPS) is 36.6. The fourth-order valence-electron chi connectivity index (χ4n) is 11.9. The van der Waals surface area contributed by atoms with E-state index >= 15 is 0 Å². The first-order chi connectivity index (χ1) is 25.5. The lowest BCUT2D eigenvalue weighted by Crippen LogP contribution is -2.49. The van der Waals surface area contributed by atoms with E-state index < -0.39 is 55.9 Å². The van der Waals surface area contributed by atoms with Gasteiger partial charge in [-0.3, -0.25) is 19.2 Å².